The Morgan fingerprint density at radius 2 is 1.45 bits per heavy atom. The van der Waals surface area contributed by atoms with Gasteiger partial charge in [-0.25, -0.2) is 31.5 Å². The van der Waals surface area contributed by atoms with E-state index in [0.717, 1.165) is 9.87 Å². The third kappa shape index (κ3) is 6.93. The van der Waals surface area contributed by atoms with Crippen LogP contribution in [0.2, 0.25) is 0 Å². The second-order valence-corrected chi connectivity index (χ2v) is 12.0. The molecule has 4 aromatic rings. The molecule has 11 nitrogen and oxygen atoms in total. The van der Waals surface area contributed by atoms with Gasteiger partial charge in [-0.05, 0) is 80.6 Å². The number of nitrogens with one attached hydrogen (secondary N) is 2. The zero-order valence-electron chi connectivity index (χ0n) is 21.7. The first-order valence-electron chi connectivity index (χ1n) is 12.1. The summed E-state index contributed by atoms with van der Waals surface area (Å²) in [5, 5.41) is 2.63. The maximum absolute atomic E-state index is 13.6. The third-order valence-corrected chi connectivity index (χ3v) is 8.70. The number of anilines is 3. The molecule has 13 heteroatoms. The van der Waals surface area contributed by atoms with Crippen molar-refractivity contribution in [3.05, 3.63) is 96.8 Å². The molecule has 208 valence electrons. The SMILES string of the molecule is CCOc1ccc(S(=O)(=O)N(CC(=O)Nc2ccc(S(=O)(=O)Nc3ncccn3)cc2)c2ccc(C)cc2)cc1. The van der Waals surface area contributed by atoms with Crippen LogP contribution >= 0.6 is 0 Å². The summed E-state index contributed by atoms with van der Waals surface area (Å²) in [5.41, 5.74) is 1.52. The monoisotopic (exact) mass is 581 g/mol. The Morgan fingerprint density at radius 1 is 0.850 bits per heavy atom. The van der Waals surface area contributed by atoms with Gasteiger partial charge in [-0.2, -0.15) is 0 Å². The molecule has 0 aliphatic heterocycles. The summed E-state index contributed by atoms with van der Waals surface area (Å²) in [6.45, 7) is 3.61. The molecule has 0 bridgehead atoms. The lowest BCUT2D eigenvalue weighted by Crippen LogP contribution is -2.38. The molecule has 0 aliphatic carbocycles. The van der Waals surface area contributed by atoms with Gasteiger partial charge in [0.1, 0.15) is 12.3 Å². The zero-order valence-corrected chi connectivity index (χ0v) is 23.3. The van der Waals surface area contributed by atoms with Crippen molar-refractivity contribution < 1.29 is 26.4 Å². The number of sulfonamides is 2. The number of hydrogen-bond acceptors (Lipinski definition) is 8. The first-order valence-corrected chi connectivity index (χ1v) is 15.0. The van der Waals surface area contributed by atoms with Crippen LogP contribution in [0.3, 0.4) is 0 Å². The molecule has 0 fully saturated rings. The van der Waals surface area contributed by atoms with Crippen LogP contribution in [-0.2, 0) is 24.8 Å². The van der Waals surface area contributed by atoms with E-state index in [0.29, 0.717) is 18.0 Å². The van der Waals surface area contributed by atoms with Gasteiger partial charge in [0.15, 0.2) is 0 Å². The number of amides is 1. The molecule has 0 spiro atoms. The lowest BCUT2D eigenvalue weighted by Gasteiger charge is -2.24. The van der Waals surface area contributed by atoms with Gasteiger partial charge in [0, 0.05) is 18.1 Å². The van der Waals surface area contributed by atoms with Crippen molar-refractivity contribution in [1.29, 1.82) is 0 Å². The molecular weight excluding hydrogens is 554 g/mol. The molecule has 1 aromatic heterocycles. The molecule has 0 atom stereocenters. The van der Waals surface area contributed by atoms with Crippen LogP contribution in [0.25, 0.3) is 0 Å². The number of benzene rings is 3. The third-order valence-electron chi connectivity index (χ3n) is 5.57. The number of carbonyl (C=O) groups is 1. The Bertz CT molecular complexity index is 1660. The van der Waals surface area contributed by atoms with Gasteiger partial charge in [-0.3, -0.25) is 9.10 Å². The first kappa shape index (κ1) is 28.5. The second kappa shape index (κ2) is 12.1. The van der Waals surface area contributed by atoms with E-state index in [1.807, 2.05) is 13.8 Å². The van der Waals surface area contributed by atoms with Crippen molar-refractivity contribution in [3.63, 3.8) is 0 Å². The van der Waals surface area contributed by atoms with Crippen molar-refractivity contribution in [1.82, 2.24) is 9.97 Å². The topological polar surface area (TPSA) is 148 Å². The predicted molar refractivity (Wildman–Crippen MR) is 151 cm³/mol. The number of ether oxygens (including phenoxy) is 1. The minimum absolute atomic E-state index is 0.00576. The Balaban J connectivity index is 1.53. The lowest BCUT2D eigenvalue weighted by atomic mass is 10.2. The molecule has 0 saturated heterocycles. The summed E-state index contributed by atoms with van der Waals surface area (Å²) in [7, 11) is -8.08. The van der Waals surface area contributed by atoms with Crippen LogP contribution in [0.5, 0.6) is 5.75 Å². The molecule has 40 heavy (non-hydrogen) atoms. The Hall–Kier alpha value is -4.49. The van der Waals surface area contributed by atoms with Crippen molar-refractivity contribution in [3.8, 4) is 5.75 Å². The fourth-order valence-electron chi connectivity index (χ4n) is 3.61. The molecule has 0 saturated carbocycles. The predicted octanol–water partition coefficient (Wildman–Crippen LogP) is 3.82. The summed E-state index contributed by atoms with van der Waals surface area (Å²) < 4.78 is 61.1. The van der Waals surface area contributed by atoms with Crippen LogP contribution in [-0.4, -0.2) is 45.9 Å². The highest BCUT2D eigenvalue weighted by molar-refractivity contribution is 7.93. The molecule has 0 aliphatic rings. The summed E-state index contributed by atoms with van der Waals surface area (Å²) in [4.78, 5) is 20.6. The quantitative estimate of drug-likeness (QED) is 0.272. The van der Waals surface area contributed by atoms with E-state index in [-0.39, 0.29) is 21.4 Å². The van der Waals surface area contributed by atoms with Crippen molar-refractivity contribution in [2.75, 3.05) is 27.5 Å². The highest BCUT2D eigenvalue weighted by atomic mass is 32.2. The smallest absolute Gasteiger partial charge is 0.264 e. The lowest BCUT2D eigenvalue weighted by molar-refractivity contribution is -0.114. The van der Waals surface area contributed by atoms with Gasteiger partial charge in [-0.15, -0.1) is 0 Å². The van der Waals surface area contributed by atoms with Crippen LogP contribution in [0, 0.1) is 6.92 Å². The van der Waals surface area contributed by atoms with Gasteiger partial charge in [0.25, 0.3) is 20.0 Å². The van der Waals surface area contributed by atoms with Gasteiger partial charge in [0.2, 0.25) is 11.9 Å². The summed E-state index contributed by atoms with van der Waals surface area (Å²) in [5.74, 6) is -0.177. The van der Waals surface area contributed by atoms with Gasteiger partial charge in [0.05, 0.1) is 22.1 Å². The van der Waals surface area contributed by atoms with Crippen LogP contribution in [0.15, 0.2) is 101 Å². The van der Waals surface area contributed by atoms with Gasteiger partial charge in [-0.1, -0.05) is 17.7 Å². The van der Waals surface area contributed by atoms with E-state index in [4.69, 9.17) is 4.74 Å². The molecule has 0 radical (unpaired) electrons. The number of nitrogens with zero attached hydrogens (tertiary/aromatic N) is 3. The molecular formula is C27H27N5O6S2. The molecule has 0 unspecified atom stereocenters. The normalized spacial score (nSPS) is 11.4. The number of hydrogen-bond donors (Lipinski definition) is 2. The number of aromatic nitrogens is 2. The average Bonchev–Trinajstić information content (AvgIpc) is 2.93. The van der Waals surface area contributed by atoms with E-state index in [9.17, 15) is 21.6 Å². The fraction of sp³-hybridized carbons (Fsp3) is 0.148. The molecule has 2 N–H and O–H groups in total. The fourth-order valence-corrected chi connectivity index (χ4v) is 5.99. The van der Waals surface area contributed by atoms with Crippen molar-refractivity contribution in [2.24, 2.45) is 0 Å². The van der Waals surface area contributed by atoms with Gasteiger partial charge < -0.3 is 10.1 Å². The van der Waals surface area contributed by atoms with E-state index in [1.54, 1.807) is 42.5 Å². The number of rotatable bonds is 11. The highest BCUT2D eigenvalue weighted by Gasteiger charge is 2.27. The van der Waals surface area contributed by atoms with E-state index >= 15 is 0 Å². The largest absolute Gasteiger partial charge is 0.494 e. The van der Waals surface area contributed by atoms with E-state index in [2.05, 4.69) is 20.0 Å². The van der Waals surface area contributed by atoms with Gasteiger partial charge >= 0.3 is 0 Å². The summed E-state index contributed by atoms with van der Waals surface area (Å²) in [6, 6.07) is 19.7. The average molecular weight is 582 g/mol. The number of aryl methyl sites for hydroxylation is 1. The maximum atomic E-state index is 13.6. The zero-order chi connectivity index (χ0) is 28.8. The minimum Gasteiger partial charge on any atom is -0.494 e. The highest BCUT2D eigenvalue weighted by Crippen LogP contribution is 2.26. The number of carbonyl (C=O) groups excluding carboxylic acids is 1. The van der Waals surface area contributed by atoms with Crippen molar-refractivity contribution in [2.45, 2.75) is 23.6 Å². The molecule has 1 amide bonds. The van der Waals surface area contributed by atoms with E-state index < -0.39 is 32.5 Å². The van der Waals surface area contributed by atoms with Crippen molar-refractivity contribution >= 4 is 43.3 Å². The maximum Gasteiger partial charge on any atom is 0.264 e. The Kier molecular flexibility index (Phi) is 8.65. The van der Waals surface area contributed by atoms with E-state index in [1.165, 1.54) is 48.8 Å². The molecule has 3 aromatic carbocycles. The van der Waals surface area contributed by atoms with Crippen LogP contribution in [0.1, 0.15) is 12.5 Å². The minimum atomic E-state index is -4.12. The summed E-state index contributed by atoms with van der Waals surface area (Å²) in [6.07, 6.45) is 2.80. The second-order valence-electron chi connectivity index (χ2n) is 8.50. The molecule has 4 rings (SSSR count). The van der Waals surface area contributed by atoms with Crippen LogP contribution < -0.4 is 19.1 Å². The molecule has 1 heterocycles. The Morgan fingerprint density at radius 3 is 2.05 bits per heavy atom. The van der Waals surface area contributed by atoms with Crippen LogP contribution in [0.4, 0.5) is 17.3 Å². The Labute approximate surface area is 233 Å². The standard InChI is InChI=1S/C27H27N5O6S2/c1-3-38-23-11-15-25(16-12-23)40(36,37)32(22-9-5-20(2)6-10-22)19-26(33)30-21-7-13-24(14-8-21)39(34,35)31-27-28-17-4-18-29-27/h4-18H,3,19H2,1-2H3,(H,30,33)(H,28,29,31). The first-order chi connectivity index (χ1) is 19.1. The summed E-state index contributed by atoms with van der Waals surface area (Å²) >= 11 is 0.